The third-order valence-electron chi connectivity index (χ3n) is 3.67. The van der Waals surface area contributed by atoms with Crippen LogP contribution in [0.3, 0.4) is 0 Å². The first kappa shape index (κ1) is 21.1. The Labute approximate surface area is 183 Å². The van der Waals surface area contributed by atoms with Gasteiger partial charge in [-0.25, -0.2) is 0 Å². The molecule has 8 heteroatoms. The highest BCUT2D eigenvalue weighted by Gasteiger charge is 2.32. The van der Waals surface area contributed by atoms with Crippen molar-refractivity contribution >= 4 is 79.4 Å². The molecule has 1 atom stereocenters. The molecule has 1 saturated heterocycles. The van der Waals surface area contributed by atoms with E-state index in [4.69, 9.17) is 14.2 Å². The Bertz CT molecular complexity index is 636. The molecule has 134 valence electrons. The van der Waals surface area contributed by atoms with Gasteiger partial charge >= 0.3 is 0 Å². The summed E-state index contributed by atoms with van der Waals surface area (Å²) in [4.78, 5) is 13.4. The average molecular weight is 671 g/mol. The van der Waals surface area contributed by atoms with E-state index < -0.39 is 5.79 Å². The zero-order valence-electron chi connectivity index (χ0n) is 14.0. The zero-order valence-corrected chi connectivity index (χ0v) is 20.5. The number of benzene rings is 1. The molecule has 24 heavy (non-hydrogen) atoms. The molecule has 0 bridgehead atoms. The molecule has 0 aromatic heterocycles. The summed E-state index contributed by atoms with van der Waals surface area (Å²) in [6.45, 7) is 6.89. The molecule has 1 aliphatic heterocycles. The maximum Gasteiger partial charge on any atom is 0.223 e. The Morgan fingerprint density at radius 1 is 1.38 bits per heavy atom. The van der Waals surface area contributed by atoms with E-state index in [0.717, 1.165) is 22.0 Å². The van der Waals surface area contributed by atoms with Crippen molar-refractivity contribution in [2.24, 2.45) is 0 Å². The van der Waals surface area contributed by atoms with Gasteiger partial charge in [0, 0.05) is 30.2 Å². The molecular weight excluding hydrogens is 651 g/mol. The number of nitrogens with zero attached hydrogens (tertiary/aromatic N) is 1. The van der Waals surface area contributed by atoms with Crippen LogP contribution in [0.4, 0.5) is 5.69 Å². The number of ether oxygens (including phenoxy) is 3. The van der Waals surface area contributed by atoms with E-state index in [9.17, 15) is 4.79 Å². The zero-order chi connectivity index (χ0) is 18.1. The smallest absolute Gasteiger partial charge is 0.223 e. The van der Waals surface area contributed by atoms with E-state index in [0.29, 0.717) is 19.8 Å². The summed E-state index contributed by atoms with van der Waals surface area (Å²) < 4.78 is 20.4. The van der Waals surface area contributed by atoms with Crippen LogP contribution in [0, 0.1) is 10.7 Å². The van der Waals surface area contributed by atoms with E-state index in [-0.39, 0.29) is 12.0 Å². The van der Waals surface area contributed by atoms with Crippen LogP contribution in [0.25, 0.3) is 0 Å². The van der Waals surface area contributed by atoms with Gasteiger partial charge in [-0.1, -0.05) is 0 Å². The molecule has 1 heterocycles. The highest BCUT2D eigenvalue weighted by atomic mass is 127. The summed E-state index contributed by atoms with van der Waals surface area (Å²) in [6, 6.07) is 2.08. The predicted molar refractivity (Wildman–Crippen MR) is 118 cm³/mol. The maximum atomic E-state index is 11.7. The minimum absolute atomic E-state index is 0.0117. The number of halogens is 3. The van der Waals surface area contributed by atoms with Crippen LogP contribution in [0.1, 0.15) is 26.3 Å². The van der Waals surface area contributed by atoms with Crippen molar-refractivity contribution in [1.29, 1.82) is 0 Å². The van der Waals surface area contributed by atoms with Gasteiger partial charge in [-0.2, -0.15) is 0 Å². The average Bonchev–Trinajstić information content (AvgIpc) is 2.81. The fourth-order valence-electron chi connectivity index (χ4n) is 2.35. The molecule has 0 N–H and O–H groups in total. The Kier molecular flexibility index (Phi) is 7.58. The van der Waals surface area contributed by atoms with Gasteiger partial charge in [-0.3, -0.25) is 4.79 Å². The third-order valence-corrected chi connectivity index (χ3v) is 6.61. The lowest BCUT2D eigenvalue weighted by atomic mass is 10.2. The second-order valence-corrected chi connectivity index (χ2v) is 9.43. The van der Waals surface area contributed by atoms with E-state index in [1.165, 1.54) is 0 Å². The van der Waals surface area contributed by atoms with Crippen LogP contribution in [0.5, 0.6) is 0 Å². The van der Waals surface area contributed by atoms with Crippen molar-refractivity contribution in [3.05, 3.63) is 22.3 Å². The molecule has 0 radical (unpaired) electrons. The van der Waals surface area contributed by atoms with Crippen LogP contribution in [0.15, 0.2) is 6.07 Å². The monoisotopic (exact) mass is 671 g/mol. The SMILES string of the molecule is CC(=O)N(C)c1c(I)cc(I)c(COCC2COC(C)(C)O2)c1I. The van der Waals surface area contributed by atoms with E-state index in [1.807, 2.05) is 13.8 Å². The predicted octanol–water partition coefficient (Wildman–Crippen LogP) is 4.15. The number of carbonyl (C=O) groups excluding carboxylic acids is 1. The highest BCUT2D eigenvalue weighted by molar-refractivity contribution is 14.1. The van der Waals surface area contributed by atoms with Crippen LogP contribution in [-0.2, 0) is 25.6 Å². The molecule has 1 aromatic carbocycles. The molecule has 0 saturated carbocycles. The molecule has 1 unspecified atom stereocenters. The summed E-state index contributed by atoms with van der Waals surface area (Å²) in [5.74, 6) is -0.519. The fourth-order valence-corrected chi connectivity index (χ4v) is 6.76. The second-order valence-electron chi connectivity index (χ2n) is 6.03. The van der Waals surface area contributed by atoms with Crippen molar-refractivity contribution in [3.8, 4) is 0 Å². The number of carbonyl (C=O) groups is 1. The van der Waals surface area contributed by atoms with Gasteiger partial charge in [0.25, 0.3) is 0 Å². The molecule has 1 aromatic rings. The normalized spacial score (nSPS) is 19.5. The third kappa shape index (κ3) is 5.15. The van der Waals surface area contributed by atoms with Crippen LogP contribution < -0.4 is 4.90 Å². The lowest BCUT2D eigenvalue weighted by molar-refractivity contribution is -0.145. The highest BCUT2D eigenvalue weighted by Crippen LogP contribution is 2.34. The number of amides is 1. The quantitative estimate of drug-likeness (QED) is 0.442. The van der Waals surface area contributed by atoms with Gasteiger partial charge in [0.2, 0.25) is 5.91 Å². The largest absolute Gasteiger partial charge is 0.374 e. The lowest BCUT2D eigenvalue weighted by Gasteiger charge is -2.22. The first-order chi connectivity index (χ1) is 11.1. The lowest BCUT2D eigenvalue weighted by Crippen LogP contribution is -2.26. The van der Waals surface area contributed by atoms with Gasteiger partial charge in [-0.15, -0.1) is 0 Å². The molecule has 1 aliphatic rings. The molecule has 1 fully saturated rings. The molecule has 0 spiro atoms. The summed E-state index contributed by atoms with van der Waals surface area (Å²) in [5, 5.41) is 0. The summed E-state index contributed by atoms with van der Waals surface area (Å²) in [7, 11) is 1.80. The summed E-state index contributed by atoms with van der Waals surface area (Å²) in [6.07, 6.45) is -0.0430. The van der Waals surface area contributed by atoms with Crippen molar-refractivity contribution < 1.29 is 19.0 Å². The second kappa shape index (κ2) is 8.63. The topological polar surface area (TPSA) is 48.0 Å². The van der Waals surface area contributed by atoms with Gasteiger partial charge in [-0.05, 0) is 87.7 Å². The number of anilines is 1. The van der Waals surface area contributed by atoms with Gasteiger partial charge in [0.15, 0.2) is 5.79 Å². The molecule has 1 amide bonds. The number of hydrogen-bond acceptors (Lipinski definition) is 4. The van der Waals surface area contributed by atoms with E-state index in [1.54, 1.807) is 18.9 Å². The van der Waals surface area contributed by atoms with Crippen LogP contribution in [-0.4, -0.2) is 38.1 Å². The molecule has 0 aliphatic carbocycles. The Morgan fingerprint density at radius 2 is 2.04 bits per heavy atom. The summed E-state index contributed by atoms with van der Waals surface area (Å²) in [5.41, 5.74) is 2.03. The van der Waals surface area contributed by atoms with Crippen molar-refractivity contribution in [2.45, 2.75) is 39.3 Å². The maximum absolute atomic E-state index is 11.7. The van der Waals surface area contributed by atoms with E-state index in [2.05, 4.69) is 73.8 Å². The van der Waals surface area contributed by atoms with Gasteiger partial charge < -0.3 is 19.1 Å². The minimum Gasteiger partial charge on any atom is -0.374 e. The Balaban J connectivity index is 2.10. The first-order valence-electron chi connectivity index (χ1n) is 7.42. The van der Waals surface area contributed by atoms with Crippen molar-refractivity contribution in [2.75, 3.05) is 25.2 Å². The van der Waals surface area contributed by atoms with E-state index >= 15 is 0 Å². The Morgan fingerprint density at radius 3 is 2.58 bits per heavy atom. The van der Waals surface area contributed by atoms with Crippen molar-refractivity contribution in [3.63, 3.8) is 0 Å². The fraction of sp³-hybridized carbons (Fsp3) is 0.562. The summed E-state index contributed by atoms with van der Waals surface area (Å²) >= 11 is 6.88. The van der Waals surface area contributed by atoms with Crippen molar-refractivity contribution in [1.82, 2.24) is 0 Å². The van der Waals surface area contributed by atoms with Gasteiger partial charge in [0.1, 0.15) is 6.10 Å². The molecular formula is C16H20I3NO4. The van der Waals surface area contributed by atoms with Crippen LogP contribution in [0.2, 0.25) is 0 Å². The minimum atomic E-state index is -0.531. The number of rotatable bonds is 5. The van der Waals surface area contributed by atoms with Crippen LogP contribution >= 0.6 is 67.8 Å². The Hall–Kier alpha value is 0.760. The molecule has 5 nitrogen and oxygen atoms in total. The standard InChI is InChI=1S/C16H20I3NO4/c1-9(21)20(4)15-13(18)5-12(17)11(14(15)19)8-22-6-10-7-23-16(2,3)24-10/h5,10H,6-8H2,1-4H3. The molecule has 2 rings (SSSR count). The number of hydrogen-bond donors (Lipinski definition) is 0. The first-order valence-corrected chi connectivity index (χ1v) is 10.7. The van der Waals surface area contributed by atoms with Gasteiger partial charge in [0.05, 0.1) is 25.5 Å².